The standard InChI is InChI=1S/C21H24F2N4O/c1-24-21(25-9-8-16-11-17(22)13-18(23)12-16)26-14-15-4-6-19(7-5-15)27-10-2-3-20(27)28/h4-7,11-13H,2-3,8-10,14H2,1H3,(H2,24,25,26). The number of guanidine groups is 1. The van der Waals surface area contributed by atoms with Crippen molar-refractivity contribution >= 4 is 17.6 Å². The second kappa shape index (κ2) is 9.30. The quantitative estimate of drug-likeness (QED) is 0.593. The molecule has 0 aliphatic carbocycles. The maximum Gasteiger partial charge on any atom is 0.227 e. The molecule has 7 heteroatoms. The summed E-state index contributed by atoms with van der Waals surface area (Å²) in [5, 5.41) is 6.33. The summed E-state index contributed by atoms with van der Waals surface area (Å²) in [6.45, 7) is 1.85. The number of hydrogen-bond acceptors (Lipinski definition) is 2. The fraction of sp³-hybridized carbons (Fsp3) is 0.333. The Hall–Kier alpha value is -2.96. The first kappa shape index (κ1) is 19.8. The number of nitrogens with one attached hydrogen (secondary N) is 2. The fourth-order valence-electron chi connectivity index (χ4n) is 3.20. The Balaban J connectivity index is 1.46. The van der Waals surface area contributed by atoms with Gasteiger partial charge in [0, 0.05) is 44.9 Å². The summed E-state index contributed by atoms with van der Waals surface area (Å²) in [7, 11) is 1.67. The van der Waals surface area contributed by atoms with E-state index in [-0.39, 0.29) is 5.91 Å². The first-order valence-corrected chi connectivity index (χ1v) is 9.34. The molecule has 1 aliphatic rings. The van der Waals surface area contributed by atoms with E-state index in [0.717, 1.165) is 30.3 Å². The lowest BCUT2D eigenvalue weighted by atomic mass is 10.1. The van der Waals surface area contributed by atoms with Crippen LogP contribution in [0.5, 0.6) is 0 Å². The number of hydrogen-bond donors (Lipinski definition) is 2. The van der Waals surface area contributed by atoms with Gasteiger partial charge in [-0.3, -0.25) is 9.79 Å². The lowest BCUT2D eigenvalue weighted by molar-refractivity contribution is -0.117. The third kappa shape index (κ3) is 5.28. The van der Waals surface area contributed by atoms with Crippen LogP contribution in [-0.2, 0) is 17.8 Å². The number of anilines is 1. The minimum absolute atomic E-state index is 0.175. The molecule has 2 aromatic carbocycles. The normalized spacial score (nSPS) is 14.5. The zero-order chi connectivity index (χ0) is 19.9. The van der Waals surface area contributed by atoms with Gasteiger partial charge in [-0.1, -0.05) is 12.1 Å². The molecule has 3 rings (SSSR count). The summed E-state index contributed by atoms with van der Waals surface area (Å²) in [6, 6.07) is 11.4. The van der Waals surface area contributed by atoms with Gasteiger partial charge in [0.1, 0.15) is 11.6 Å². The number of carbonyl (C=O) groups is 1. The van der Waals surface area contributed by atoms with Crippen molar-refractivity contribution in [3.8, 4) is 0 Å². The molecule has 148 valence electrons. The number of aliphatic imine (C=N–C) groups is 1. The second-order valence-corrected chi connectivity index (χ2v) is 6.70. The zero-order valence-electron chi connectivity index (χ0n) is 15.8. The Labute approximate surface area is 163 Å². The van der Waals surface area contributed by atoms with Crippen LogP contribution >= 0.6 is 0 Å². The van der Waals surface area contributed by atoms with Crippen molar-refractivity contribution in [2.45, 2.75) is 25.8 Å². The highest BCUT2D eigenvalue weighted by atomic mass is 19.1. The van der Waals surface area contributed by atoms with Gasteiger partial charge in [-0.2, -0.15) is 0 Å². The van der Waals surface area contributed by atoms with Crippen LogP contribution in [0.4, 0.5) is 14.5 Å². The molecule has 2 N–H and O–H groups in total. The van der Waals surface area contributed by atoms with Gasteiger partial charge in [0.2, 0.25) is 5.91 Å². The largest absolute Gasteiger partial charge is 0.356 e. The Morgan fingerprint density at radius 3 is 2.39 bits per heavy atom. The topological polar surface area (TPSA) is 56.7 Å². The average molecular weight is 386 g/mol. The summed E-state index contributed by atoms with van der Waals surface area (Å²) in [4.78, 5) is 17.8. The van der Waals surface area contributed by atoms with Gasteiger partial charge in [0.25, 0.3) is 0 Å². The van der Waals surface area contributed by atoms with E-state index >= 15 is 0 Å². The monoisotopic (exact) mass is 386 g/mol. The van der Waals surface area contributed by atoms with Gasteiger partial charge in [-0.05, 0) is 48.2 Å². The van der Waals surface area contributed by atoms with E-state index in [2.05, 4.69) is 15.6 Å². The number of carbonyl (C=O) groups excluding carboxylic acids is 1. The molecular weight excluding hydrogens is 362 g/mol. The van der Waals surface area contributed by atoms with Gasteiger partial charge < -0.3 is 15.5 Å². The summed E-state index contributed by atoms with van der Waals surface area (Å²) in [5.41, 5.74) is 2.58. The van der Waals surface area contributed by atoms with Gasteiger partial charge in [0.15, 0.2) is 5.96 Å². The molecule has 28 heavy (non-hydrogen) atoms. The summed E-state index contributed by atoms with van der Waals surface area (Å²) in [6.07, 6.45) is 2.01. The molecule has 1 saturated heterocycles. The minimum Gasteiger partial charge on any atom is -0.356 e. The van der Waals surface area contributed by atoms with Crippen molar-refractivity contribution in [2.75, 3.05) is 25.0 Å². The molecule has 0 spiro atoms. The van der Waals surface area contributed by atoms with Crippen LogP contribution in [-0.4, -0.2) is 32.0 Å². The number of amides is 1. The summed E-state index contributed by atoms with van der Waals surface area (Å²) >= 11 is 0. The lowest BCUT2D eigenvalue weighted by Crippen LogP contribution is -2.37. The average Bonchev–Trinajstić information content (AvgIpc) is 3.10. The van der Waals surface area contributed by atoms with Gasteiger partial charge in [0.05, 0.1) is 0 Å². The van der Waals surface area contributed by atoms with E-state index in [1.165, 1.54) is 12.1 Å². The van der Waals surface area contributed by atoms with Crippen LogP contribution in [0.15, 0.2) is 47.5 Å². The van der Waals surface area contributed by atoms with E-state index in [4.69, 9.17) is 0 Å². The van der Waals surface area contributed by atoms with Crippen molar-refractivity contribution in [3.63, 3.8) is 0 Å². The van der Waals surface area contributed by atoms with E-state index in [1.807, 2.05) is 29.2 Å². The summed E-state index contributed by atoms with van der Waals surface area (Å²) < 4.78 is 26.4. The second-order valence-electron chi connectivity index (χ2n) is 6.70. The number of rotatable bonds is 6. The third-order valence-corrected chi connectivity index (χ3v) is 4.63. The van der Waals surface area contributed by atoms with Crippen molar-refractivity contribution in [1.29, 1.82) is 0 Å². The Kier molecular flexibility index (Phi) is 6.57. The Morgan fingerprint density at radius 2 is 1.79 bits per heavy atom. The zero-order valence-corrected chi connectivity index (χ0v) is 15.8. The lowest BCUT2D eigenvalue weighted by Gasteiger charge is -2.16. The van der Waals surface area contributed by atoms with Gasteiger partial charge >= 0.3 is 0 Å². The molecule has 0 atom stereocenters. The smallest absolute Gasteiger partial charge is 0.227 e. The highest BCUT2D eigenvalue weighted by molar-refractivity contribution is 5.95. The van der Waals surface area contributed by atoms with Crippen LogP contribution in [0.1, 0.15) is 24.0 Å². The van der Waals surface area contributed by atoms with Crippen molar-refractivity contribution in [2.24, 2.45) is 4.99 Å². The van der Waals surface area contributed by atoms with Crippen LogP contribution in [0.3, 0.4) is 0 Å². The van der Waals surface area contributed by atoms with Crippen LogP contribution in [0.2, 0.25) is 0 Å². The SMILES string of the molecule is CN=C(NCCc1cc(F)cc(F)c1)NCc1ccc(N2CCCC2=O)cc1. The molecule has 1 fully saturated rings. The fourth-order valence-corrected chi connectivity index (χ4v) is 3.20. The van der Waals surface area contributed by atoms with Gasteiger partial charge in [-0.25, -0.2) is 8.78 Å². The molecule has 0 bridgehead atoms. The highest BCUT2D eigenvalue weighted by Gasteiger charge is 2.21. The molecule has 2 aromatic rings. The molecule has 0 saturated carbocycles. The number of halogens is 2. The van der Waals surface area contributed by atoms with E-state index in [0.29, 0.717) is 37.5 Å². The molecule has 0 radical (unpaired) electrons. The van der Waals surface area contributed by atoms with E-state index in [9.17, 15) is 13.6 Å². The van der Waals surface area contributed by atoms with Crippen LogP contribution in [0, 0.1) is 11.6 Å². The number of benzene rings is 2. The maximum atomic E-state index is 13.2. The highest BCUT2D eigenvalue weighted by Crippen LogP contribution is 2.21. The van der Waals surface area contributed by atoms with Crippen LogP contribution in [0.25, 0.3) is 0 Å². The minimum atomic E-state index is -0.573. The van der Waals surface area contributed by atoms with Crippen molar-refractivity contribution in [3.05, 3.63) is 65.2 Å². The first-order chi connectivity index (χ1) is 13.5. The number of nitrogens with zero attached hydrogens (tertiary/aromatic N) is 2. The van der Waals surface area contributed by atoms with E-state index < -0.39 is 11.6 Å². The molecule has 1 aliphatic heterocycles. The van der Waals surface area contributed by atoms with Gasteiger partial charge in [-0.15, -0.1) is 0 Å². The Morgan fingerprint density at radius 1 is 1.07 bits per heavy atom. The molecular formula is C21H24F2N4O. The Bertz CT molecular complexity index is 832. The third-order valence-electron chi connectivity index (χ3n) is 4.63. The molecule has 0 unspecified atom stereocenters. The molecule has 0 aromatic heterocycles. The molecule has 1 heterocycles. The predicted molar refractivity (Wildman–Crippen MR) is 106 cm³/mol. The first-order valence-electron chi connectivity index (χ1n) is 9.34. The predicted octanol–water partition coefficient (Wildman–Crippen LogP) is 3.00. The van der Waals surface area contributed by atoms with Crippen molar-refractivity contribution < 1.29 is 13.6 Å². The summed E-state index contributed by atoms with van der Waals surface area (Å²) in [5.74, 6) is -0.363. The van der Waals surface area contributed by atoms with Crippen molar-refractivity contribution in [1.82, 2.24) is 10.6 Å². The molecule has 5 nitrogen and oxygen atoms in total. The van der Waals surface area contributed by atoms with E-state index in [1.54, 1.807) is 7.05 Å². The molecule has 1 amide bonds. The maximum absolute atomic E-state index is 13.2. The van der Waals surface area contributed by atoms with Crippen LogP contribution < -0.4 is 15.5 Å².